The van der Waals surface area contributed by atoms with Crippen LogP contribution in [-0.2, 0) is 10.0 Å². The standard InChI is InChI=1S/C15H25ClN2O2S/c1-4-5-13(10-11-16)12-17-14-6-8-15(9-7-14)21(19,20)18(2)3/h6-9,13,17H,4-5,10-12H2,1-3H3. The number of hydrogen-bond acceptors (Lipinski definition) is 3. The van der Waals surface area contributed by atoms with Crippen LogP contribution in [0.5, 0.6) is 0 Å². The molecule has 0 radical (unpaired) electrons. The van der Waals surface area contributed by atoms with Crippen LogP contribution < -0.4 is 5.32 Å². The van der Waals surface area contributed by atoms with Crippen molar-refractivity contribution in [1.29, 1.82) is 0 Å². The van der Waals surface area contributed by atoms with Crippen molar-refractivity contribution < 1.29 is 8.42 Å². The van der Waals surface area contributed by atoms with Crippen LogP contribution in [0.1, 0.15) is 26.2 Å². The quantitative estimate of drug-likeness (QED) is 0.705. The molecule has 1 N–H and O–H groups in total. The van der Waals surface area contributed by atoms with E-state index in [0.717, 1.165) is 31.5 Å². The lowest BCUT2D eigenvalue weighted by Gasteiger charge is -2.17. The third-order valence-electron chi connectivity index (χ3n) is 3.44. The van der Waals surface area contributed by atoms with Gasteiger partial charge in [-0.15, -0.1) is 11.6 Å². The molecular weight excluding hydrogens is 308 g/mol. The van der Waals surface area contributed by atoms with E-state index in [4.69, 9.17) is 11.6 Å². The molecule has 0 bridgehead atoms. The van der Waals surface area contributed by atoms with Gasteiger partial charge < -0.3 is 5.32 Å². The highest BCUT2D eigenvalue weighted by molar-refractivity contribution is 7.89. The molecule has 0 aliphatic heterocycles. The minimum Gasteiger partial charge on any atom is -0.385 e. The summed E-state index contributed by atoms with van der Waals surface area (Å²) < 4.78 is 25.2. The Morgan fingerprint density at radius 2 is 1.81 bits per heavy atom. The van der Waals surface area contributed by atoms with E-state index in [1.807, 2.05) is 0 Å². The van der Waals surface area contributed by atoms with Crippen molar-refractivity contribution in [3.05, 3.63) is 24.3 Å². The summed E-state index contributed by atoms with van der Waals surface area (Å²) in [6, 6.07) is 6.88. The Morgan fingerprint density at radius 1 is 1.19 bits per heavy atom. The zero-order chi connectivity index (χ0) is 15.9. The first-order valence-electron chi connectivity index (χ1n) is 7.24. The van der Waals surface area contributed by atoms with Crippen molar-refractivity contribution in [3.63, 3.8) is 0 Å². The van der Waals surface area contributed by atoms with Gasteiger partial charge in [0.25, 0.3) is 0 Å². The van der Waals surface area contributed by atoms with E-state index in [2.05, 4.69) is 12.2 Å². The number of nitrogens with one attached hydrogen (secondary N) is 1. The van der Waals surface area contributed by atoms with Crippen molar-refractivity contribution in [2.45, 2.75) is 31.1 Å². The number of sulfonamides is 1. The van der Waals surface area contributed by atoms with Crippen LogP contribution in [0, 0.1) is 5.92 Å². The Bertz CT molecular complexity index is 509. The number of alkyl halides is 1. The molecule has 6 heteroatoms. The smallest absolute Gasteiger partial charge is 0.242 e. The Morgan fingerprint density at radius 3 is 2.29 bits per heavy atom. The second-order valence-corrected chi connectivity index (χ2v) is 7.85. The van der Waals surface area contributed by atoms with Crippen LogP contribution in [0.25, 0.3) is 0 Å². The lowest BCUT2D eigenvalue weighted by molar-refractivity contribution is 0.490. The Labute approximate surface area is 133 Å². The van der Waals surface area contributed by atoms with E-state index < -0.39 is 10.0 Å². The number of benzene rings is 1. The third kappa shape index (κ3) is 5.49. The number of rotatable bonds is 9. The second-order valence-electron chi connectivity index (χ2n) is 5.33. The predicted molar refractivity (Wildman–Crippen MR) is 89.5 cm³/mol. The molecular formula is C15H25ClN2O2S. The van der Waals surface area contributed by atoms with Gasteiger partial charge in [0.15, 0.2) is 0 Å². The highest BCUT2D eigenvalue weighted by atomic mass is 35.5. The molecule has 1 aromatic rings. The molecule has 1 atom stereocenters. The number of hydrogen-bond donors (Lipinski definition) is 1. The molecule has 0 aliphatic rings. The highest BCUT2D eigenvalue weighted by Gasteiger charge is 2.16. The van der Waals surface area contributed by atoms with Gasteiger partial charge in [-0.25, -0.2) is 12.7 Å². The van der Waals surface area contributed by atoms with E-state index in [1.54, 1.807) is 24.3 Å². The van der Waals surface area contributed by atoms with Gasteiger partial charge in [-0.3, -0.25) is 0 Å². The van der Waals surface area contributed by atoms with Crippen molar-refractivity contribution in [2.75, 3.05) is 31.8 Å². The summed E-state index contributed by atoms with van der Waals surface area (Å²) in [7, 11) is -0.293. The van der Waals surface area contributed by atoms with E-state index in [1.165, 1.54) is 18.4 Å². The normalized spacial score (nSPS) is 13.4. The van der Waals surface area contributed by atoms with Crippen LogP contribution in [0.15, 0.2) is 29.2 Å². The maximum absolute atomic E-state index is 12.0. The fourth-order valence-corrected chi connectivity index (χ4v) is 3.34. The predicted octanol–water partition coefficient (Wildman–Crippen LogP) is 3.39. The molecule has 0 aromatic heterocycles. The first kappa shape index (κ1) is 18.3. The van der Waals surface area contributed by atoms with Crippen LogP contribution in [0.2, 0.25) is 0 Å². The average molecular weight is 333 g/mol. The topological polar surface area (TPSA) is 49.4 Å². The summed E-state index contributed by atoms with van der Waals surface area (Å²) in [4.78, 5) is 0.309. The first-order valence-corrected chi connectivity index (χ1v) is 9.21. The Balaban J connectivity index is 2.67. The minimum absolute atomic E-state index is 0.309. The first-order chi connectivity index (χ1) is 9.91. The van der Waals surface area contributed by atoms with E-state index in [-0.39, 0.29) is 0 Å². The van der Waals surface area contributed by atoms with Gasteiger partial charge in [-0.05, 0) is 43.0 Å². The van der Waals surface area contributed by atoms with Gasteiger partial charge in [-0.2, -0.15) is 0 Å². The summed E-state index contributed by atoms with van der Waals surface area (Å²) in [6.45, 7) is 3.03. The number of anilines is 1. The SMILES string of the molecule is CCCC(CCCl)CNc1ccc(S(=O)(=O)N(C)C)cc1. The van der Waals surface area contributed by atoms with Crippen LogP contribution in [-0.4, -0.2) is 39.2 Å². The van der Waals surface area contributed by atoms with Gasteiger partial charge >= 0.3 is 0 Å². The van der Waals surface area contributed by atoms with Crippen molar-refractivity contribution >= 4 is 27.3 Å². The van der Waals surface area contributed by atoms with Crippen LogP contribution in [0.4, 0.5) is 5.69 Å². The largest absolute Gasteiger partial charge is 0.385 e. The molecule has 0 spiro atoms. The fraction of sp³-hybridized carbons (Fsp3) is 0.600. The number of nitrogens with zero attached hydrogens (tertiary/aromatic N) is 1. The molecule has 0 heterocycles. The monoisotopic (exact) mass is 332 g/mol. The minimum atomic E-state index is -3.35. The molecule has 21 heavy (non-hydrogen) atoms. The van der Waals surface area contributed by atoms with Crippen molar-refractivity contribution in [2.24, 2.45) is 5.92 Å². The maximum Gasteiger partial charge on any atom is 0.242 e. The second kappa shape index (κ2) is 8.61. The summed E-state index contributed by atoms with van der Waals surface area (Å²) in [6.07, 6.45) is 3.28. The molecule has 0 saturated carbocycles. The molecule has 120 valence electrons. The van der Waals surface area contributed by atoms with Gasteiger partial charge in [-0.1, -0.05) is 13.3 Å². The van der Waals surface area contributed by atoms with Gasteiger partial charge in [0.1, 0.15) is 0 Å². The zero-order valence-corrected chi connectivity index (χ0v) is 14.5. The molecule has 0 aliphatic carbocycles. The van der Waals surface area contributed by atoms with E-state index >= 15 is 0 Å². The van der Waals surface area contributed by atoms with Gasteiger partial charge in [0.2, 0.25) is 10.0 Å². The average Bonchev–Trinajstić information content (AvgIpc) is 2.45. The van der Waals surface area contributed by atoms with Gasteiger partial charge in [0.05, 0.1) is 4.90 Å². The fourth-order valence-electron chi connectivity index (χ4n) is 2.13. The third-order valence-corrected chi connectivity index (χ3v) is 5.49. The lowest BCUT2D eigenvalue weighted by Crippen LogP contribution is -2.22. The molecule has 0 saturated heterocycles. The molecule has 0 fully saturated rings. The molecule has 1 aromatic carbocycles. The van der Waals surface area contributed by atoms with Crippen LogP contribution >= 0.6 is 11.6 Å². The summed E-state index contributed by atoms with van der Waals surface area (Å²) in [5, 5.41) is 3.36. The molecule has 1 rings (SSSR count). The Hall–Kier alpha value is -0.780. The summed E-state index contributed by atoms with van der Waals surface area (Å²) in [5.74, 6) is 1.23. The van der Waals surface area contributed by atoms with Crippen molar-refractivity contribution in [3.8, 4) is 0 Å². The van der Waals surface area contributed by atoms with Gasteiger partial charge in [0, 0.05) is 32.2 Å². The highest BCUT2D eigenvalue weighted by Crippen LogP contribution is 2.18. The van der Waals surface area contributed by atoms with E-state index in [0.29, 0.717) is 16.7 Å². The summed E-state index contributed by atoms with van der Waals surface area (Å²) in [5.41, 5.74) is 0.934. The molecule has 1 unspecified atom stereocenters. The molecule has 4 nitrogen and oxygen atoms in total. The maximum atomic E-state index is 12.0. The lowest BCUT2D eigenvalue weighted by atomic mass is 10.0. The number of halogens is 1. The summed E-state index contributed by atoms with van der Waals surface area (Å²) >= 11 is 5.82. The Kier molecular flexibility index (Phi) is 7.49. The molecule has 0 amide bonds. The van der Waals surface area contributed by atoms with Crippen molar-refractivity contribution in [1.82, 2.24) is 4.31 Å². The van der Waals surface area contributed by atoms with E-state index in [9.17, 15) is 8.42 Å². The van der Waals surface area contributed by atoms with Crippen LogP contribution in [0.3, 0.4) is 0 Å². The zero-order valence-electron chi connectivity index (χ0n) is 13.0.